The molecule has 3 aliphatic heterocycles. The molecule has 4 aliphatic rings. The third-order valence-electron chi connectivity index (χ3n) is 7.26. The zero-order valence-corrected chi connectivity index (χ0v) is 17.1. The fraction of sp³-hybridized carbons (Fsp3) is 0.458. The largest absolute Gasteiger partial charge is 0.376 e. The minimum absolute atomic E-state index is 0.271. The Balaban J connectivity index is 1.17. The summed E-state index contributed by atoms with van der Waals surface area (Å²) in [6, 6.07) is 10.7. The maximum atomic E-state index is 13.5. The van der Waals surface area contributed by atoms with Crippen molar-refractivity contribution in [2.75, 3.05) is 37.7 Å². The predicted molar refractivity (Wildman–Crippen MR) is 114 cm³/mol. The molecule has 1 aliphatic carbocycles. The number of amides is 1. The lowest BCUT2D eigenvalue weighted by Gasteiger charge is -2.25. The fourth-order valence-corrected chi connectivity index (χ4v) is 5.49. The number of carbonyl (C=O) groups is 1. The highest BCUT2D eigenvalue weighted by molar-refractivity contribution is 5.88. The second-order valence-electron chi connectivity index (χ2n) is 9.00. The first-order valence-corrected chi connectivity index (χ1v) is 11.0. The molecule has 6 rings (SSSR count). The summed E-state index contributed by atoms with van der Waals surface area (Å²) in [6.07, 6.45) is 5.92. The van der Waals surface area contributed by atoms with Crippen LogP contribution >= 0.6 is 0 Å². The van der Waals surface area contributed by atoms with Gasteiger partial charge in [0, 0.05) is 38.2 Å². The first-order valence-electron chi connectivity index (χ1n) is 11.0. The maximum absolute atomic E-state index is 13.5. The number of anilines is 1. The van der Waals surface area contributed by atoms with E-state index in [1.807, 2.05) is 0 Å². The van der Waals surface area contributed by atoms with Gasteiger partial charge in [0.2, 0.25) is 5.91 Å². The number of ether oxygens (including phenoxy) is 1. The van der Waals surface area contributed by atoms with E-state index in [4.69, 9.17) is 4.74 Å². The summed E-state index contributed by atoms with van der Waals surface area (Å²) >= 11 is 0. The van der Waals surface area contributed by atoms with E-state index < -0.39 is 0 Å². The van der Waals surface area contributed by atoms with Crippen molar-refractivity contribution in [1.82, 2.24) is 15.1 Å². The van der Waals surface area contributed by atoms with Crippen LogP contribution < -0.4 is 4.90 Å². The Hall–Kier alpha value is -2.73. The van der Waals surface area contributed by atoms with Crippen molar-refractivity contribution in [3.05, 3.63) is 58.8 Å². The molecule has 1 unspecified atom stereocenters. The van der Waals surface area contributed by atoms with Crippen LogP contribution in [0.4, 0.5) is 5.82 Å². The molecular formula is C24H26N4O2. The van der Waals surface area contributed by atoms with Gasteiger partial charge in [-0.15, -0.1) is 5.10 Å². The molecule has 1 aromatic heterocycles. The van der Waals surface area contributed by atoms with Crippen LogP contribution in [0.3, 0.4) is 0 Å². The SMILES string of the molecule is O=C1N(CC2=CCc3ccccc32)CCC12CCN(c1cc3c(nn1)CCOC3)C2. The Morgan fingerprint density at radius 2 is 2.00 bits per heavy atom. The monoisotopic (exact) mass is 402 g/mol. The molecule has 6 heteroatoms. The van der Waals surface area contributed by atoms with Crippen molar-refractivity contribution in [3.8, 4) is 0 Å². The number of rotatable bonds is 3. The molecule has 0 bridgehead atoms. The number of hydrogen-bond acceptors (Lipinski definition) is 5. The van der Waals surface area contributed by atoms with Crippen LogP contribution in [0.25, 0.3) is 5.57 Å². The van der Waals surface area contributed by atoms with Crippen LogP contribution in [0.5, 0.6) is 0 Å². The standard InChI is InChI=1S/C24H26N4O2/c29-23-24(8-10-27(23)14-18-6-5-17-3-1-2-4-20(17)18)9-11-28(16-24)22-13-19-15-30-12-7-21(19)25-26-22/h1-4,6,13H,5,7-12,14-16H2. The molecule has 2 saturated heterocycles. The fourth-order valence-electron chi connectivity index (χ4n) is 5.49. The first kappa shape index (κ1) is 18.1. The molecule has 30 heavy (non-hydrogen) atoms. The third-order valence-corrected chi connectivity index (χ3v) is 7.26. The minimum atomic E-state index is -0.271. The van der Waals surface area contributed by atoms with Gasteiger partial charge in [0.1, 0.15) is 0 Å². The Labute approximate surface area is 176 Å². The van der Waals surface area contributed by atoms with Crippen molar-refractivity contribution >= 4 is 17.3 Å². The van der Waals surface area contributed by atoms with E-state index in [0.717, 1.165) is 75.5 Å². The highest BCUT2D eigenvalue weighted by Crippen LogP contribution is 2.43. The van der Waals surface area contributed by atoms with Crippen molar-refractivity contribution in [2.24, 2.45) is 5.41 Å². The predicted octanol–water partition coefficient (Wildman–Crippen LogP) is 2.62. The summed E-state index contributed by atoms with van der Waals surface area (Å²) in [5, 5.41) is 8.90. The molecule has 1 spiro atoms. The van der Waals surface area contributed by atoms with Crippen LogP contribution in [0.1, 0.15) is 35.2 Å². The van der Waals surface area contributed by atoms with Gasteiger partial charge in [0.25, 0.3) is 0 Å². The van der Waals surface area contributed by atoms with Gasteiger partial charge in [-0.2, -0.15) is 5.10 Å². The molecular weight excluding hydrogens is 376 g/mol. The number of carbonyl (C=O) groups excluding carboxylic acids is 1. The van der Waals surface area contributed by atoms with Gasteiger partial charge in [0.15, 0.2) is 5.82 Å². The quantitative estimate of drug-likeness (QED) is 0.790. The van der Waals surface area contributed by atoms with Gasteiger partial charge >= 0.3 is 0 Å². The van der Waals surface area contributed by atoms with E-state index in [-0.39, 0.29) is 5.41 Å². The Kier molecular flexibility index (Phi) is 4.16. The summed E-state index contributed by atoms with van der Waals surface area (Å²) in [5.41, 5.74) is 5.89. The number of benzene rings is 1. The van der Waals surface area contributed by atoms with Crippen molar-refractivity contribution in [1.29, 1.82) is 0 Å². The smallest absolute Gasteiger partial charge is 0.231 e. The number of allylic oxidation sites excluding steroid dienone is 1. The molecule has 0 saturated carbocycles. The summed E-state index contributed by atoms with van der Waals surface area (Å²) in [7, 11) is 0. The Morgan fingerprint density at radius 3 is 2.97 bits per heavy atom. The molecule has 2 fully saturated rings. The molecule has 0 N–H and O–H groups in total. The lowest BCUT2D eigenvalue weighted by Crippen LogP contribution is -2.37. The van der Waals surface area contributed by atoms with Gasteiger partial charge in [0.05, 0.1) is 24.3 Å². The topological polar surface area (TPSA) is 58.6 Å². The van der Waals surface area contributed by atoms with Gasteiger partial charge in [-0.05, 0) is 42.0 Å². The summed E-state index contributed by atoms with van der Waals surface area (Å²) in [5.74, 6) is 1.19. The van der Waals surface area contributed by atoms with Crippen LogP contribution in [-0.2, 0) is 29.0 Å². The van der Waals surface area contributed by atoms with Crippen LogP contribution in [-0.4, -0.2) is 53.8 Å². The molecule has 1 atom stereocenters. The highest BCUT2D eigenvalue weighted by atomic mass is 16.5. The zero-order chi connectivity index (χ0) is 20.1. The number of aromatic nitrogens is 2. The van der Waals surface area contributed by atoms with Crippen molar-refractivity contribution in [2.45, 2.75) is 32.3 Å². The highest BCUT2D eigenvalue weighted by Gasteiger charge is 2.51. The van der Waals surface area contributed by atoms with Gasteiger partial charge < -0.3 is 14.5 Å². The third kappa shape index (κ3) is 2.85. The molecule has 1 amide bonds. The second-order valence-corrected chi connectivity index (χ2v) is 9.00. The number of likely N-dealkylation sites (tertiary alicyclic amines) is 1. The normalized spacial score (nSPS) is 25.1. The lowest BCUT2D eigenvalue weighted by molar-refractivity contribution is -0.134. The van der Waals surface area contributed by atoms with Gasteiger partial charge in [-0.3, -0.25) is 4.79 Å². The van der Waals surface area contributed by atoms with E-state index in [9.17, 15) is 4.79 Å². The van der Waals surface area contributed by atoms with E-state index in [1.165, 1.54) is 16.7 Å². The van der Waals surface area contributed by atoms with E-state index >= 15 is 0 Å². The molecule has 6 nitrogen and oxygen atoms in total. The Morgan fingerprint density at radius 1 is 1.10 bits per heavy atom. The average Bonchev–Trinajstić information content (AvgIpc) is 3.49. The molecule has 154 valence electrons. The molecule has 4 heterocycles. The lowest BCUT2D eigenvalue weighted by atomic mass is 9.85. The molecule has 2 aromatic rings. The van der Waals surface area contributed by atoms with Gasteiger partial charge in [-0.25, -0.2) is 0 Å². The van der Waals surface area contributed by atoms with Crippen molar-refractivity contribution < 1.29 is 9.53 Å². The molecule has 0 radical (unpaired) electrons. The van der Waals surface area contributed by atoms with Crippen LogP contribution in [0, 0.1) is 5.41 Å². The van der Waals surface area contributed by atoms with Crippen molar-refractivity contribution in [3.63, 3.8) is 0 Å². The zero-order valence-electron chi connectivity index (χ0n) is 17.1. The van der Waals surface area contributed by atoms with Crippen LogP contribution in [0.15, 0.2) is 36.4 Å². The summed E-state index contributed by atoms with van der Waals surface area (Å²) < 4.78 is 5.57. The minimum Gasteiger partial charge on any atom is -0.376 e. The summed E-state index contributed by atoms with van der Waals surface area (Å²) in [4.78, 5) is 17.8. The molecule has 1 aromatic carbocycles. The second kappa shape index (κ2) is 6.91. The van der Waals surface area contributed by atoms with E-state index in [1.54, 1.807) is 0 Å². The van der Waals surface area contributed by atoms with E-state index in [0.29, 0.717) is 12.5 Å². The number of fused-ring (bicyclic) bond motifs is 2. The maximum Gasteiger partial charge on any atom is 0.231 e. The van der Waals surface area contributed by atoms with Crippen LogP contribution in [0.2, 0.25) is 0 Å². The Bertz CT molecular complexity index is 1050. The first-order chi connectivity index (χ1) is 14.7. The average molecular weight is 402 g/mol. The number of hydrogen-bond donors (Lipinski definition) is 0. The van der Waals surface area contributed by atoms with Gasteiger partial charge in [-0.1, -0.05) is 30.3 Å². The summed E-state index contributed by atoms with van der Waals surface area (Å²) in [6.45, 7) is 4.51. The van der Waals surface area contributed by atoms with E-state index in [2.05, 4.69) is 56.4 Å². The number of nitrogens with zero attached hydrogens (tertiary/aromatic N) is 4.